The van der Waals surface area contributed by atoms with Crippen LogP contribution in [0.15, 0.2) is 27.8 Å². The fourth-order valence-corrected chi connectivity index (χ4v) is 4.01. The lowest BCUT2D eigenvalue weighted by molar-refractivity contribution is 0.0507. The number of nitrogens with zero attached hydrogens (tertiary/aromatic N) is 3. The molecule has 30 heavy (non-hydrogen) atoms. The fourth-order valence-electron chi connectivity index (χ4n) is 4.01. The molecule has 2 fully saturated rings. The van der Waals surface area contributed by atoms with Crippen LogP contribution < -0.4 is 10.6 Å². The van der Waals surface area contributed by atoms with Crippen LogP contribution in [0.25, 0.3) is 0 Å². The zero-order valence-electron chi connectivity index (χ0n) is 18.5. The molecule has 9 heteroatoms. The van der Waals surface area contributed by atoms with Crippen LogP contribution in [0.2, 0.25) is 0 Å². The first kappa shape index (κ1) is 24.8. The standard InChI is InChI=1S/C21H35N5O3.HI/c1-21(2,3)29-20(27)24-16-9-12-26(15-16)19(22-4)23-14-17(18-8-7-13-28-18)25-10-5-6-11-25;/h7-8,13,16-17H,5-6,9-12,14-15H2,1-4H3,(H,22,23)(H,24,27);1H. The van der Waals surface area contributed by atoms with Crippen LogP contribution in [0.3, 0.4) is 0 Å². The lowest BCUT2D eigenvalue weighted by Gasteiger charge is -2.29. The monoisotopic (exact) mass is 533 g/mol. The van der Waals surface area contributed by atoms with E-state index in [4.69, 9.17) is 9.15 Å². The van der Waals surface area contributed by atoms with E-state index >= 15 is 0 Å². The Morgan fingerprint density at radius 1 is 1.33 bits per heavy atom. The van der Waals surface area contributed by atoms with E-state index in [1.165, 1.54) is 12.8 Å². The van der Waals surface area contributed by atoms with E-state index < -0.39 is 5.60 Å². The first-order valence-corrected chi connectivity index (χ1v) is 10.6. The lowest BCUT2D eigenvalue weighted by atomic mass is 10.2. The molecule has 8 nitrogen and oxygen atoms in total. The number of rotatable bonds is 5. The molecule has 2 atom stereocenters. The third-order valence-corrected chi connectivity index (χ3v) is 5.33. The molecule has 2 unspecified atom stereocenters. The molecule has 0 aliphatic carbocycles. The number of carbonyl (C=O) groups is 1. The summed E-state index contributed by atoms with van der Waals surface area (Å²) in [5, 5.41) is 6.49. The predicted molar refractivity (Wildman–Crippen MR) is 128 cm³/mol. The molecular formula is C21H36IN5O3. The highest BCUT2D eigenvalue weighted by atomic mass is 127. The summed E-state index contributed by atoms with van der Waals surface area (Å²) in [5.74, 6) is 1.84. The summed E-state index contributed by atoms with van der Waals surface area (Å²) in [6, 6.07) is 4.25. The molecular weight excluding hydrogens is 497 g/mol. The minimum Gasteiger partial charge on any atom is -0.468 e. The van der Waals surface area contributed by atoms with Gasteiger partial charge in [0.15, 0.2) is 5.96 Å². The van der Waals surface area contributed by atoms with Gasteiger partial charge < -0.3 is 24.7 Å². The first-order chi connectivity index (χ1) is 13.9. The number of alkyl carbamates (subject to hydrolysis) is 1. The Labute approximate surface area is 196 Å². The van der Waals surface area contributed by atoms with Crippen LogP contribution in [0.1, 0.15) is 51.8 Å². The van der Waals surface area contributed by atoms with Crippen molar-refractivity contribution in [2.75, 3.05) is 39.8 Å². The number of likely N-dealkylation sites (tertiary alicyclic amines) is 2. The summed E-state index contributed by atoms with van der Waals surface area (Å²) in [6.07, 6.45) is 4.71. The van der Waals surface area contributed by atoms with Gasteiger partial charge in [-0.15, -0.1) is 24.0 Å². The summed E-state index contributed by atoms with van der Waals surface area (Å²) in [6.45, 7) is 10.1. The molecule has 2 saturated heterocycles. The number of ether oxygens (including phenoxy) is 1. The van der Waals surface area contributed by atoms with Crippen molar-refractivity contribution in [1.82, 2.24) is 20.4 Å². The van der Waals surface area contributed by atoms with Crippen molar-refractivity contribution in [3.8, 4) is 0 Å². The van der Waals surface area contributed by atoms with Crippen LogP contribution in [0, 0.1) is 0 Å². The van der Waals surface area contributed by atoms with Gasteiger partial charge >= 0.3 is 6.09 Å². The van der Waals surface area contributed by atoms with E-state index in [-0.39, 0.29) is 42.2 Å². The molecule has 0 saturated carbocycles. The summed E-state index contributed by atoms with van der Waals surface area (Å²) in [5.41, 5.74) is -0.490. The van der Waals surface area contributed by atoms with Gasteiger partial charge in [0.2, 0.25) is 0 Å². The van der Waals surface area contributed by atoms with Crippen LogP contribution in [0.4, 0.5) is 4.79 Å². The molecule has 2 aliphatic heterocycles. The quantitative estimate of drug-likeness (QED) is 0.344. The fraction of sp³-hybridized carbons (Fsp3) is 0.714. The molecule has 0 spiro atoms. The Kier molecular flexibility index (Phi) is 9.27. The third kappa shape index (κ3) is 7.04. The zero-order chi connectivity index (χ0) is 20.9. The van der Waals surface area contributed by atoms with Crippen molar-refractivity contribution in [2.24, 2.45) is 4.99 Å². The van der Waals surface area contributed by atoms with Crippen molar-refractivity contribution >= 4 is 36.0 Å². The van der Waals surface area contributed by atoms with Gasteiger partial charge in [-0.25, -0.2) is 4.79 Å². The molecule has 3 rings (SSSR count). The van der Waals surface area contributed by atoms with Gasteiger partial charge in [0, 0.05) is 26.7 Å². The van der Waals surface area contributed by atoms with Crippen LogP contribution in [0.5, 0.6) is 0 Å². The zero-order valence-corrected chi connectivity index (χ0v) is 20.8. The summed E-state index contributed by atoms with van der Waals surface area (Å²) < 4.78 is 11.1. The Bertz CT molecular complexity index is 683. The maximum absolute atomic E-state index is 12.0. The topological polar surface area (TPSA) is 82.3 Å². The minimum absolute atomic E-state index is 0. The SMILES string of the molecule is CN=C(NCC(c1ccco1)N1CCCC1)N1CCC(NC(=O)OC(C)(C)C)C1.I. The molecule has 1 amide bonds. The Balaban J connectivity index is 0.00000320. The van der Waals surface area contributed by atoms with Gasteiger partial charge in [-0.2, -0.15) is 0 Å². The first-order valence-electron chi connectivity index (χ1n) is 10.6. The number of carbonyl (C=O) groups excluding carboxylic acids is 1. The van der Waals surface area contributed by atoms with Crippen LogP contribution in [-0.4, -0.2) is 73.3 Å². The van der Waals surface area contributed by atoms with E-state index in [0.29, 0.717) is 6.54 Å². The predicted octanol–water partition coefficient (Wildman–Crippen LogP) is 3.21. The summed E-state index contributed by atoms with van der Waals surface area (Å²) >= 11 is 0. The molecule has 1 aromatic rings. The van der Waals surface area contributed by atoms with E-state index in [9.17, 15) is 4.79 Å². The Hall–Kier alpha value is -1.49. The van der Waals surface area contributed by atoms with Crippen molar-refractivity contribution in [2.45, 2.75) is 57.7 Å². The lowest BCUT2D eigenvalue weighted by Crippen LogP contribution is -2.46. The molecule has 3 heterocycles. The number of halogens is 1. The van der Waals surface area contributed by atoms with Gasteiger partial charge in [0.1, 0.15) is 11.4 Å². The van der Waals surface area contributed by atoms with Crippen molar-refractivity contribution in [1.29, 1.82) is 0 Å². The molecule has 1 aromatic heterocycles. The Morgan fingerprint density at radius 3 is 2.67 bits per heavy atom. The van der Waals surface area contributed by atoms with Crippen molar-refractivity contribution in [3.05, 3.63) is 24.2 Å². The summed E-state index contributed by atoms with van der Waals surface area (Å²) in [4.78, 5) is 21.2. The van der Waals surface area contributed by atoms with Crippen molar-refractivity contribution in [3.63, 3.8) is 0 Å². The number of aliphatic imine (C=N–C) groups is 1. The highest BCUT2D eigenvalue weighted by Gasteiger charge is 2.30. The largest absolute Gasteiger partial charge is 0.468 e. The van der Waals surface area contributed by atoms with Crippen molar-refractivity contribution < 1.29 is 13.9 Å². The number of furan rings is 1. The smallest absolute Gasteiger partial charge is 0.407 e. The minimum atomic E-state index is -0.490. The maximum Gasteiger partial charge on any atom is 0.407 e. The van der Waals surface area contributed by atoms with Gasteiger partial charge in [-0.1, -0.05) is 0 Å². The van der Waals surface area contributed by atoms with Gasteiger partial charge in [-0.3, -0.25) is 9.89 Å². The second kappa shape index (κ2) is 11.2. The third-order valence-electron chi connectivity index (χ3n) is 5.33. The molecule has 0 bridgehead atoms. The normalized spacial score (nSPS) is 21.3. The van der Waals surface area contributed by atoms with Gasteiger partial charge in [-0.05, 0) is 65.3 Å². The van der Waals surface area contributed by atoms with Gasteiger partial charge in [0.05, 0.1) is 18.3 Å². The number of hydrogen-bond donors (Lipinski definition) is 2. The molecule has 0 radical (unpaired) electrons. The van der Waals surface area contributed by atoms with E-state index in [2.05, 4.69) is 25.4 Å². The van der Waals surface area contributed by atoms with Crippen LogP contribution >= 0.6 is 24.0 Å². The van der Waals surface area contributed by atoms with Gasteiger partial charge in [0.25, 0.3) is 0 Å². The highest BCUT2D eigenvalue weighted by molar-refractivity contribution is 14.0. The van der Waals surface area contributed by atoms with E-state index in [0.717, 1.165) is 44.3 Å². The second-order valence-corrected chi connectivity index (χ2v) is 8.78. The highest BCUT2D eigenvalue weighted by Crippen LogP contribution is 2.25. The number of nitrogens with one attached hydrogen (secondary N) is 2. The number of guanidine groups is 1. The molecule has 170 valence electrons. The Morgan fingerprint density at radius 2 is 2.07 bits per heavy atom. The average Bonchev–Trinajstić information content (AvgIpc) is 3.39. The van der Waals surface area contributed by atoms with E-state index in [1.54, 1.807) is 13.3 Å². The second-order valence-electron chi connectivity index (χ2n) is 8.78. The molecule has 2 N–H and O–H groups in total. The van der Waals surface area contributed by atoms with Crippen LogP contribution in [-0.2, 0) is 4.74 Å². The number of hydrogen-bond acceptors (Lipinski definition) is 5. The number of amides is 1. The van der Waals surface area contributed by atoms with E-state index in [1.807, 2.05) is 32.9 Å². The average molecular weight is 533 g/mol. The maximum atomic E-state index is 12.0. The molecule has 0 aromatic carbocycles. The summed E-state index contributed by atoms with van der Waals surface area (Å²) in [7, 11) is 1.80. The molecule has 2 aliphatic rings.